The van der Waals surface area contributed by atoms with Gasteiger partial charge in [0.25, 0.3) is 5.91 Å². The molecule has 2 aromatic heterocycles. The van der Waals surface area contributed by atoms with Gasteiger partial charge in [-0.2, -0.15) is 5.10 Å². The summed E-state index contributed by atoms with van der Waals surface area (Å²) in [7, 11) is 0. The number of carboxylic acid groups (broad SMARTS) is 1. The molecule has 0 bridgehead atoms. The van der Waals surface area contributed by atoms with Gasteiger partial charge in [-0.1, -0.05) is 35.3 Å². The SMILES string of the molecule is Cc1nn(CCc2ccc3c(n2)NCCC3)c(C)c1C(=O)NC(CC(=O)O)c1ccc(Cl)c(Cl)c1. The minimum atomic E-state index is -1.04. The smallest absolute Gasteiger partial charge is 0.305 e. The molecule has 35 heavy (non-hydrogen) atoms. The number of carbonyl (C=O) groups excluding carboxylic acids is 1. The molecular weight excluding hydrogens is 489 g/mol. The van der Waals surface area contributed by atoms with Crippen LogP contribution in [0.25, 0.3) is 0 Å². The highest BCUT2D eigenvalue weighted by atomic mass is 35.5. The molecule has 184 valence electrons. The van der Waals surface area contributed by atoms with E-state index in [1.165, 1.54) is 5.56 Å². The molecule has 0 aliphatic carbocycles. The predicted octanol–water partition coefficient (Wildman–Crippen LogP) is 4.75. The summed E-state index contributed by atoms with van der Waals surface area (Å²) < 4.78 is 1.80. The van der Waals surface area contributed by atoms with E-state index in [0.29, 0.717) is 45.5 Å². The summed E-state index contributed by atoms with van der Waals surface area (Å²) in [6, 6.07) is 8.20. The van der Waals surface area contributed by atoms with Crippen LogP contribution in [0.2, 0.25) is 10.0 Å². The maximum absolute atomic E-state index is 13.2. The van der Waals surface area contributed by atoms with Crippen LogP contribution in [0, 0.1) is 13.8 Å². The van der Waals surface area contributed by atoms with Crippen molar-refractivity contribution < 1.29 is 14.7 Å². The quantitative estimate of drug-likeness (QED) is 0.399. The van der Waals surface area contributed by atoms with Gasteiger partial charge in [0.05, 0.1) is 33.8 Å². The number of nitrogens with one attached hydrogen (secondary N) is 2. The summed E-state index contributed by atoms with van der Waals surface area (Å²) in [6.07, 6.45) is 2.52. The number of nitrogens with zero attached hydrogens (tertiary/aromatic N) is 3. The summed E-state index contributed by atoms with van der Waals surface area (Å²) >= 11 is 12.1. The fourth-order valence-corrected chi connectivity index (χ4v) is 4.66. The van der Waals surface area contributed by atoms with E-state index >= 15 is 0 Å². The fraction of sp³-hybridized carbons (Fsp3) is 0.360. The van der Waals surface area contributed by atoms with Crippen LogP contribution in [0.5, 0.6) is 0 Å². The number of amides is 1. The lowest BCUT2D eigenvalue weighted by atomic mass is 10.0. The summed E-state index contributed by atoms with van der Waals surface area (Å²) in [5.41, 5.74) is 4.47. The van der Waals surface area contributed by atoms with Crippen LogP contribution in [0.1, 0.15) is 57.5 Å². The lowest BCUT2D eigenvalue weighted by Gasteiger charge is -2.18. The third-order valence-corrected chi connectivity index (χ3v) is 6.91. The Morgan fingerprint density at radius 2 is 2.00 bits per heavy atom. The third-order valence-electron chi connectivity index (χ3n) is 6.17. The summed E-state index contributed by atoms with van der Waals surface area (Å²) in [5, 5.41) is 20.8. The molecule has 3 N–H and O–H groups in total. The lowest BCUT2D eigenvalue weighted by molar-refractivity contribution is -0.137. The molecule has 0 saturated heterocycles. The average molecular weight is 516 g/mol. The number of pyridine rings is 1. The number of aliphatic carboxylic acids is 1. The van der Waals surface area contributed by atoms with Crippen molar-refractivity contribution in [3.05, 3.63) is 74.1 Å². The molecule has 3 heterocycles. The Labute approximate surface area is 213 Å². The van der Waals surface area contributed by atoms with Gasteiger partial charge in [-0.25, -0.2) is 4.98 Å². The highest BCUT2D eigenvalue weighted by molar-refractivity contribution is 6.42. The number of aromatic nitrogens is 3. The Morgan fingerprint density at radius 3 is 2.74 bits per heavy atom. The van der Waals surface area contributed by atoms with E-state index < -0.39 is 12.0 Å². The monoisotopic (exact) mass is 515 g/mol. The summed E-state index contributed by atoms with van der Waals surface area (Å²) in [5.74, 6) is -0.480. The molecule has 10 heteroatoms. The second-order valence-corrected chi connectivity index (χ2v) is 9.47. The van der Waals surface area contributed by atoms with Crippen LogP contribution >= 0.6 is 23.2 Å². The van der Waals surface area contributed by atoms with Gasteiger partial charge in [-0.05, 0) is 56.0 Å². The Morgan fingerprint density at radius 1 is 1.20 bits per heavy atom. The van der Waals surface area contributed by atoms with E-state index in [2.05, 4.69) is 21.8 Å². The molecule has 0 spiro atoms. The Balaban J connectivity index is 1.50. The molecule has 0 radical (unpaired) electrons. The Bertz CT molecular complexity index is 1270. The molecule has 0 saturated carbocycles. The zero-order valence-corrected chi connectivity index (χ0v) is 21.1. The molecule has 1 aromatic carbocycles. The van der Waals surface area contributed by atoms with Crippen LogP contribution in [-0.4, -0.2) is 38.3 Å². The second kappa shape index (κ2) is 10.7. The number of hydrogen-bond acceptors (Lipinski definition) is 5. The maximum Gasteiger partial charge on any atom is 0.305 e. The molecule has 1 unspecified atom stereocenters. The van der Waals surface area contributed by atoms with E-state index in [-0.39, 0.29) is 12.3 Å². The Kier molecular flexibility index (Phi) is 7.62. The first-order valence-corrected chi connectivity index (χ1v) is 12.2. The van der Waals surface area contributed by atoms with Crippen molar-refractivity contribution in [2.45, 2.75) is 52.1 Å². The number of carbonyl (C=O) groups is 2. The van der Waals surface area contributed by atoms with Crippen LogP contribution in [-0.2, 0) is 24.2 Å². The van der Waals surface area contributed by atoms with Crippen LogP contribution in [0.15, 0.2) is 30.3 Å². The number of halogens is 2. The first kappa shape index (κ1) is 25.0. The van der Waals surface area contributed by atoms with Crippen molar-refractivity contribution in [3.8, 4) is 0 Å². The second-order valence-electron chi connectivity index (χ2n) is 8.66. The number of carboxylic acids is 1. The fourth-order valence-electron chi connectivity index (χ4n) is 4.36. The number of hydrogen-bond donors (Lipinski definition) is 3. The molecule has 1 amide bonds. The number of aryl methyl sites for hydroxylation is 4. The standard InChI is InChI=1S/C25H27Cl2N5O3/c1-14-23(25(35)30-21(13-22(33)34)17-6-8-19(26)20(27)12-17)15(2)32(31-14)11-9-18-7-5-16-4-3-10-28-24(16)29-18/h5-8,12,21H,3-4,9-11,13H2,1-2H3,(H,28,29)(H,30,35)(H,33,34). The minimum Gasteiger partial charge on any atom is -0.481 e. The van der Waals surface area contributed by atoms with Crippen molar-refractivity contribution in [3.63, 3.8) is 0 Å². The van der Waals surface area contributed by atoms with Crippen molar-refractivity contribution in [1.29, 1.82) is 0 Å². The largest absolute Gasteiger partial charge is 0.481 e. The maximum atomic E-state index is 13.2. The van der Waals surface area contributed by atoms with Crippen LogP contribution < -0.4 is 10.6 Å². The predicted molar refractivity (Wildman–Crippen MR) is 135 cm³/mol. The number of anilines is 1. The Hall–Kier alpha value is -3.10. The van der Waals surface area contributed by atoms with Gasteiger partial charge >= 0.3 is 5.97 Å². The van der Waals surface area contributed by atoms with E-state index in [0.717, 1.165) is 30.9 Å². The van der Waals surface area contributed by atoms with Crippen molar-refractivity contribution in [2.75, 3.05) is 11.9 Å². The van der Waals surface area contributed by atoms with Gasteiger partial charge in [0.1, 0.15) is 5.82 Å². The molecule has 8 nitrogen and oxygen atoms in total. The summed E-state index contributed by atoms with van der Waals surface area (Å²) in [6.45, 7) is 5.11. The van der Waals surface area contributed by atoms with Gasteiger partial charge in [0.15, 0.2) is 0 Å². The van der Waals surface area contributed by atoms with E-state index in [1.807, 2.05) is 13.0 Å². The van der Waals surface area contributed by atoms with Gasteiger partial charge in [-0.3, -0.25) is 14.3 Å². The lowest BCUT2D eigenvalue weighted by Crippen LogP contribution is -2.31. The van der Waals surface area contributed by atoms with Gasteiger partial charge in [-0.15, -0.1) is 0 Å². The van der Waals surface area contributed by atoms with Crippen molar-refractivity contribution in [2.24, 2.45) is 0 Å². The number of rotatable bonds is 8. The van der Waals surface area contributed by atoms with Crippen LogP contribution in [0.3, 0.4) is 0 Å². The topological polar surface area (TPSA) is 109 Å². The molecule has 4 rings (SSSR count). The first-order valence-electron chi connectivity index (χ1n) is 11.5. The molecular formula is C25H27Cl2N5O3. The van der Waals surface area contributed by atoms with Gasteiger partial charge in [0, 0.05) is 30.9 Å². The van der Waals surface area contributed by atoms with Crippen molar-refractivity contribution in [1.82, 2.24) is 20.1 Å². The minimum absolute atomic E-state index is 0.292. The van der Waals surface area contributed by atoms with Gasteiger partial charge < -0.3 is 15.7 Å². The number of benzene rings is 1. The molecule has 1 aliphatic heterocycles. The van der Waals surface area contributed by atoms with Gasteiger partial charge in [0.2, 0.25) is 0 Å². The molecule has 1 atom stereocenters. The zero-order valence-electron chi connectivity index (χ0n) is 19.6. The van der Waals surface area contributed by atoms with Crippen LogP contribution in [0.4, 0.5) is 5.82 Å². The highest BCUT2D eigenvalue weighted by Gasteiger charge is 2.24. The average Bonchev–Trinajstić information content (AvgIpc) is 3.11. The molecule has 3 aromatic rings. The van der Waals surface area contributed by atoms with E-state index in [9.17, 15) is 14.7 Å². The normalized spacial score (nSPS) is 13.6. The van der Waals surface area contributed by atoms with Crippen molar-refractivity contribution >= 4 is 40.9 Å². The number of fused-ring (bicyclic) bond motifs is 1. The third kappa shape index (κ3) is 5.77. The summed E-state index contributed by atoms with van der Waals surface area (Å²) in [4.78, 5) is 29.4. The van der Waals surface area contributed by atoms with E-state index in [4.69, 9.17) is 28.2 Å². The first-order chi connectivity index (χ1) is 16.7. The molecule has 0 fully saturated rings. The van der Waals surface area contributed by atoms with E-state index in [1.54, 1.807) is 29.8 Å². The molecule has 1 aliphatic rings. The highest BCUT2D eigenvalue weighted by Crippen LogP contribution is 2.28. The zero-order chi connectivity index (χ0) is 25.1.